The Morgan fingerprint density at radius 3 is 2.95 bits per heavy atom. The van der Waals surface area contributed by atoms with Crippen LogP contribution in [-0.2, 0) is 23.1 Å². The summed E-state index contributed by atoms with van der Waals surface area (Å²) in [7, 11) is -3.60. The SMILES string of the molecule is Cc1nccc(CNS(=O)(=O)c2cnn(CCN)c2)n1. The molecular formula is C11H16N6O2S. The van der Waals surface area contributed by atoms with Crippen molar-refractivity contribution in [3.05, 3.63) is 36.2 Å². The molecule has 2 aromatic heterocycles. The molecule has 108 valence electrons. The minimum Gasteiger partial charge on any atom is -0.329 e. The van der Waals surface area contributed by atoms with Crippen molar-refractivity contribution in [2.24, 2.45) is 5.73 Å². The first-order valence-corrected chi connectivity index (χ1v) is 7.50. The fourth-order valence-electron chi connectivity index (χ4n) is 1.59. The lowest BCUT2D eigenvalue weighted by atomic mass is 10.4. The zero-order valence-corrected chi connectivity index (χ0v) is 11.8. The van der Waals surface area contributed by atoms with Crippen molar-refractivity contribution in [3.8, 4) is 0 Å². The van der Waals surface area contributed by atoms with Gasteiger partial charge in [-0.15, -0.1) is 0 Å². The molecule has 0 atom stereocenters. The first-order valence-electron chi connectivity index (χ1n) is 6.02. The van der Waals surface area contributed by atoms with Gasteiger partial charge in [0.25, 0.3) is 0 Å². The number of nitrogens with zero attached hydrogens (tertiary/aromatic N) is 4. The highest BCUT2D eigenvalue weighted by Gasteiger charge is 2.16. The Morgan fingerprint density at radius 2 is 2.25 bits per heavy atom. The molecular weight excluding hydrogens is 280 g/mol. The Balaban J connectivity index is 2.06. The highest BCUT2D eigenvalue weighted by molar-refractivity contribution is 7.89. The van der Waals surface area contributed by atoms with Gasteiger partial charge in [0.05, 0.1) is 25.0 Å². The highest BCUT2D eigenvalue weighted by atomic mass is 32.2. The number of nitrogens with two attached hydrogens (primary N) is 1. The maximum atomic E-state index is 12.1. The third kappa shape index (κ3) is 3.59. The van der Waals surface area contributed by atoms with E-state index in [4.69, 9.17) is 5.73 Å². The van der Waals surface area contributed by atoms with Crippen LogP contribution in [-0.4, -0.2) is 34.7 Å². The van der Waals surface area contributed by atoms with Crippen LogP contribution in [0.5, 0.6) is 0 Å². The molecule has 0 fully saturated rings. The Bertz CT molecular complexity index is 682. The van der Waals surface area contributed by atoms with Crippen molar-refractivity contribution in [2.45, 2.75) is 24.9 Å². The van der Waals surface area contributed by atoms with Crippen LogP contribution >= 0.6 is 0 Å². The predicted octanol–water partition coefficient (Wildman–Crippen LogP) is -0.581. The van der Waals surface area contributed by atoms with E-state index in [1.54, 1.807) is 19.2 Å². The monoisotopic (exact) mass is 296 g/mol. The molecule has 0 aliphatic heterocycles. The largest absolute Gasteiger partial charge is 0.329 e. The van der Waals surface area contributed by atoms with Crippen LogP contribution in [0.2, 0.25) is 0 Å². The lowest BCUT2D eigenvalue weighted by molar-refractivity contribution is 0.579. The van der Waals surface area contributed by atoms with Gasteiger partial charge >= 0.3 is 0 Å². The molecule has 0 spiro atoms. The number of rotatable bonds is 6. The smallest absolute Gasteiger partial charge is 0.244 e. The molecule has 8 nitrogen and oxygen atoms in total. The summed E-state index contributed by atoms with van der Waals surface area (Å²) in [5.41, 5.74) is 5.99. The number of nitrogens with one attached hydrogen (secondary N) is 1. The van der Waals surface area contributed by atoms with E-state index < -0.39 is 10.0 Å². The van der Waals surface area contributed by atoms with Crippen molar-refractivity contribution in [1.82, 2.24) is 24.5 Å². The van der Waals surface area contributed by atoms with E-state index in [2.05, 4.69) is 19.8 Å². The Kier molecular flexibility index (Phi) is 4.42. The second kappa shape index (κ2) is 6.07. The van der Waals surface area contributed by atoms with E-state index in [9.17, 15) is 8.42 Å². The zero-order valence-electron chi connectivity index (χ0n) is 11.0. The van der Waals surface area contributed by atoms with E-state index >= 15 is 0 Å². The van der Waals surface area contributed by atoms with Gasteiger partial charge in [0.1, 0.15) is 10.7 Å². The summed E-state index contributed by atoms with van der Waals surface area (Å²) in [5.74, 6) is 0.595. The summed E-state index contributed by atoms with van der Waals surface area (Å²) in [6.45, 7) is 2.72. The first kappa shape index (κ1) is 14.6. The summed E-state index contributed by atoms with van der Waals surface area (Å²) < 4.78 is 28.1. The fourth-order valence-corrected chi connectivity index (χ4v) is 2.54. The molecule has 0 bridgehead atoms. The van der Waals surface area contributed by atoms with Crippen LogP contribution in [0.25, 0.3) is 0 Å². The highest BCUT2D eigenvalue weighted by Crippen LogP contribution is 2.07. The van der Waals surface area contributed by atoms with Crippen molar-refractivity contribution in [2.75, 3.05) is 6.54 Å². The Hall–Kier alpha value is -1.84. The third-order valence-corrected chi connectivity index (χ3v) is 3.91. The van der Waals surface area contributed by atoms with Crippen molar-refractivity contribution in [1.29, 1.82) is 0 Å². The van der Waals surface area contributed by atoms with Crippen LogP contribution in [0.3, 0.4) is 0 Å². The van der Waals surface area contributed by atoms with E-state index in [-0.39, 0.29) is 11.4 Å². The molecule has 0 aliphatic rings. The molecule has 20 heavy (non-hydrogen) atoms. The molecule has 3 N–H and O–H groups in total. The molecule has 0 saturated heterocycles. The standard InChI is InChI=1S/C11H16N6O2S/c1-9-13-4-2-10(16-9)6-15-20(18,19)11-7-14-17(8-11)5-3-12/h2,4,7-8,15H,3,5-6,12H2,1H3. The predicted molar refractivity (Wildman–Crippen MR) is 72.1 cm³/mol. The van der Waals surface area contributed by atoms with Gasteiger partial charge in [-0.25, -0.2) is 23.1 Å². The van der Waals surface area contributed by atoms with Gasteiger partial charge in [-0.3, -0.25) is 4.68 Å². The number of sulfonamides is 1. The van der Waals surface area contributed by atoms with Crippen molar-refractivity contribution >= 4 is 10.0 Å². The molecule has 0 saturated carbocycles. The molecule has 2 aromatic rings. The third-order valence-electron chi connectivity index (χ3n) is 2.56. The van der Waals surface area contributed by atoms with E-state index in [1.807, 2.05) is 0 Å². The van der Waals surface area contributed by atoms with Crippen LogP contribution in [0, 0.1) is 6.92 Å². The second-order valence-corrected chi connectivity index (χ2v) is 5.91. The summed E-state index contributed by atoms with van der Waals surface area (Å²) >= 11 is 0. The van der Waals surface area contributed by atoms with Gasteiger partial charge < -0.3 is 5.73 Å². The maximum Gasteiger partial charge on any atom is 0.244 e. The molecule has 9 heteroatoms. The van der Waals surface area contributed by atoms with E-state index in [1.165, 1.54) is 17.1 Å². The minimum absolute atomic E-state index is 0.105. The molecule has 0 aromatic carbocycles. The molecule has 0 unspecified atom stereocenters. The van der Waals surface area contributed by atoms with Crippen LogP contribution in [0.4, 0.5) is 0 Å². The van der Waals surface area contributed by atoms with Gasteiger partial charge in [-0.1, -0.05) is 0 Å². The Morgan fingerprint density at radius 1 is 1.45 bits per heavy atom. The van der Waals surface area contributed by atoms with Crippen molar-refractivity contribution < 1.29 is 8.42 Å². The van der Waals surface area contributed by atoms with Crippen LogP contribution < -0.4 is 10.5 Å². The van der Waals surface area contributed by atoms with Crippen molar-refractivity contribution in [3.63, 3.8) is 0 Å². The van der Waals surface area contributed by atoms with Gasteiger partial charge in [-0.2, -0.15) is 5.10 Å². The normalized spacial score (nSPS) is 11.7. The van der Waals surface area contributed by atoms with E-state index in [0.29, 0.717) is 24.6 Å². The molecule has 0 aliphatic carbocycles. The maximum absolute atomic E-state index is 12.1. The first-order chi connectivity index (χ1) is 9.51. The van der Waals surface area contributed by atoms with Crippen LogP contribution in [0.1, 0.15) is 11.5 Å². The summed E-state index contributed by atoms with van der Waals surface area (Å²) in [6, 6.07) is 1.66. The summed E-state index contributed by atoms with van der Waals surface area (Å²) in [5, 5.41) is 3.93. The molecule has 2 heterocycles. The van der Waals surface area contributed by atoms with Gasteiger partial charge in [-0.05, 0) is 13.0 Å². The van der Waals surface area contributed by atoms with Gasteiger partial charge in [0, 0.05) is 18.9 Å². The topological polar surface area (TPSA) is 116 Å². The summed E-state index contributed by atoms with van der Waals surface area (Å²) in [4.78, 5) is 8.19. The summed E-state index contributed by atoms with van der Waals surface area (Å²) in [6.07, 6.45) is 4.33. The zero-order chi connectivity index (χ0) is 14.6. The molecule has 2 rings (SSSR count). The quantitative estimate of drug-likeness (QED) is 0.736. The lowest BCUT2D eigenvalue weighted by Crippen LogP contribution is -2.23. The molecule has 0 amide bonds. The lowest BCUT2D eigenvalue weighted by Gasteiger charge is -2.04. The van der Waals surface area contributed by atoms with Gasteiger partial charge in [0.15, 0.2) is 0 Å². The number of aromatic nitrogens is 4. The van der Waals surface area contributed by atoms with Gasteiger partial charge in [0.2, 0.25) is 10.0 Å². The molecule has 0 radical (unpaired) electrons. The van der Waals surface area contributed by atoms with E-state index in [0.717, 1.165) is 0 Å². The number of hydrogen-bond donors (Lipinski definition) is 2. The average Bonchev–Trinajstić information content (AvgIpc) is 2.87. The average molecular weight is 296 g/mol. The Labute approximate surface area is 117 Å². The fraction of sp³-hybridized carbons (Fsp3) is 0.364. The minimum atomic E-state index is -3.60. The number of hydrogen-bond acceptors (Lipinski definition) is 6. The second-order valence-electron chi connectivity index (χ2n) is 4.15. The van der Waals surface area contributed by atoms with Crippen LogP contribution in [0.15, 0.2) is 29.6 Å². The number of aryl methyl sites for hydroxylation is 1.